The van der Waals surface area contributed by atoms with Crippen molar-refractivity contribution in [3.63, 3.8) is 0 Å². The van der Waals surface area contributed by atoms with Crippen LogP contribution in [-0.2, 0) is 0 Å². The summed E-state index contributed by atoms with van der Waals surface area (Å²) >= 11 is 0. The zero-order valence-corrected chi connectivity index (χ0v) is 15.5. The third-order valence-corrected chi connectivity index (χ3v) is 4.17. The largest absolute Gasteiger partial charge is 0.325 e. The normalized spacial score (nSPS) is 10.5. The van der Waals surface area contributed by atoms with Crippen LogP contribution in [0.4, 0.5) is 26.1 Å². The van der Waals surface area contributed by atoms with E-state index in [1.165, 1.54) is 48.9 Å². The molecule has 0 radical (unpaired) electrons. The van der Waals surface area contributed by atoms with E-state index >= 15 is 0 Å². The van der Waals surface area contributed by atoms with Gasteiger partial charge in [0, 0.05) is 29.1 Å². The van der Waals surface area contributed by atoms with Crippen LogP contribution >= 0.6 is 0 Å². The smallest absolute Gasteiger partial charge is 0.255 e. The Morgan fingerprint density at radius 2 is 1.77 bits per heavy atom. The second-order valence-corrected chi connectivity index (χ2v) is 6.30. The lowest BCUT2D eigenvalue weighted by atomic mass is 10.1. The van der Waals surface area contributed by atoms with Gasteiger partial charge in [-0.15, -0.1) is 0 Å². The van der Waals surface area contributed by atoms with E-state index in [9.17, 15) is 13.6 Å². The van der Waals surface area contributed by atoms with Crippen molar-refractivity contribution in [1.82, 2.24) is 15.0 Å². The van der Waals surface area contributed by atoms with Gasteiger partial charge in [-0.2, -0.15) is 4.39 Å². The highest BCUT2D eigenvalue weighted by Crippen LogP contribution is 2.24. The minimum Gasteiger partial charge on any atom is -0.325 e. The first-order chi connectivity index (χ1) is 14.6. The Morgan fingerprint density at radius 1 is 0.900 bits per heavy atom. The van der Waals surface area contributed by atoms with Crippen molar-refractivity contribution in [1.29, 1.82) is 0 Å². The predicted molar refractivity (Wildman–Crippen MR) is 109 cm³/mol. The molecule has 0 unspecified atom stereocenters. The number of amides is 1. The average Bonchev–Trinajstić information content (AvgIpc) is 2.74. The van der Waals surface area contributed by atoms with Crippen molar-refractivity contribution in [2.24, 2.45) is 0 Å². The number of carbonyl (C=O) groups is 1. The maximum atomic E-state index is 14.0. The standard InChI is InChI=1S/C22H15F2N5O/c23-18-5-2-1-4-17(18)15-10-16(13-25-12-15)27-22(30)14-8-9-26-21(11-14)29-20-7-3-6-19(24)28-20/h1-13H,(H,27,30)(H,26,28,29). The number of benzene rings is 1. The van der Waals surface area contributed by atoms with E-state index in [0.29, 0.717) is 28.2 Å². The summed E-state index contributed by atoms with van der Waals surface area (Å²) in [4.78, 5) is 24.5. The van der Waals surface area contributed by atoms with Crippen LogP contribution < -0.4 is 10.6 Å². The van der Waals surface area contributed by atoms with Gasteiger partial charge in [-0.1, -0.05) is 24.3 Å². The maximum absolute atomic E-state index is 14.0. The van der Waals surface area contributed by atoms with Crippen LogP contribution in [0.1, 0.15) is 10.4 Å². The fourth-order valence-electron chi connectivity index (χ4n) is 2.80. The van der Waals surface area contributed by atoms with Gasteiger partial charge in [0.25, 0.3) is 5.91 Å². The van der Waals surface area contributed by atoms with E-state index in [0.717, 1.165) is 0 Å². The third-order valence-electron chi connectivity index (χ3n) is 4.17. The van der Waals surface area contributed by atoms with Gasteiger partial charge in [-0.05, 0) is 36.4 Å². The zero-order valence-electron chi connectivity index (χ0n) is 15.5. The molecule has 0 aliphatic rings. The molecule has 2 N–H and O–H groups in total. The summed E-state index contributed by atoms with van der Waals surface area (Å²) in [6, 6.07) is 15.3. The topological polar surface area (TPSA) is 79.8 Å². The molecule has 0 atom stereocenters. The molecule has 0 saturated carbocycles. The highest BCUT2D eigenvalue weighted by molar-refractivity contribution is 6.04. The van der Waals surface area contributed by atoms with Crippen LogP contribution in [0.15, 0.2) is 79.3 Å². The van der Waals surface area contributed by atoms with Crippen molar-refractivity contribution < 1.29 is 13.6 Å². The second-order valence-electron chi connectivity index (χ2n) is 6.30. The minimum atomic E-state index is -0.629. The fraction of sp³-hybridized carbons (Fsp3) is 0. The van der Waals surface area contributed by atoms with Gasteiger partial charge >= 0.3 is 0 Å². The van der Waals surface area contributed by atoms with E-state index in [1.54, 1.807) is 30.3 Å². The number of pyridine rings is 3. The highest BCUT2D eigenvalue weighted by Gasteiger charge is 2.10. The summed E-state index contributed by atoms with van der Waals surface area (Å²) in [5, 5.41) is 5.58. The molecule has 3 aromatic heterocycles. The predicted octanol–water partition coefficient (Wildman–Crippen LogP) is 4.81. The van der Waals surface area contributed by atoms with Gasteiger partial charge in [0.05, 0.1) is 11.9 Å². The van der Waals surface area contributed by atoms with E-state index in [-0.39, 0.29) is 11.6 Å². The molecule has 0 saturated heterocycles. The summed E-state index contributed by atoms with van der Waals surface area (Å²) in [5.41, 5.74) is 1.67. The van der Waals surface area contributed by atoms with Gasteiger partial charge in [-0.3, -0.25) is 9.78 Å². The first kappa shape index (κ1) is 19.1. The van der Waals surface area contributed by atoms with E-state index < -0.39 is 11.9 Å². The van der Waals surface area contributed by atoms with Crippen LogP contribution in [-0.4, -0.2) is 20.9 Å². The average molecular weight is 403 g/mol. The Labute approximate surface area is 170 Å². The van der Waals surface area contributed by atoms with Crippen molar-refractivity contribution in [2.75, 3.05) is 10.6 Å². The van der Waals surface area contributed by atoms with Gasteiger partial charge in [0.2, 0.25) is 5.95 Å². The molecule has 8 heteroatoms. The fourth-order valence-corrected chi connectivity index (χ4v) is 2.80. The van der Waals surface area contributed by atoms with Crippen molar-refractivity contribution in [2.45, 2.75) is 0 Å². The Kier molecular flexibility index (Phi) is 5.38. The molecule has 0 fully saturated rings. The Morgan fingerprint density at radius 3 is 2.60 bits per heavy atom. The van der Waals surface area contributed by atoms with Crippen molar-refractivity contribution in [3.05, 3.63) is 96.6 Å². The maximum Gasteiger partial charge on any atom is 0.255 e. The number of nitrogens with zero attached hydrogens (tertiary/aromatic N) is 3. The molecule has 30 heavy (non-hydrogen) atoms. The summed E-state index contributed by atoms with van der Waals surface area (Å²) < 4.78 is 27.3. The summed E-state index contributed by atoms with van der Waals surface area (Å²) in [6.45, 7) is 0. The third kappa shape index (κ3) is 4.44. The molecule has 3 heterocycles. The molecule has 0 bridgehead atoms. The number of hydrogen-bond acceptors (Lipinski definition) is 5. The van der Waals surface area contributed by atoms with Crippen molar-refractivity contribution in [3.8, 4) is 11.1 Å². The molecule has 0 aliphatic heterocycles. The van der Waals surface area contributed by atoms with E-state index in [4.69, 9.17) is 0 Å². The molecule has 1 amide bonds. The Hall–Kier alpha value is -4.20. The number of rotatable bonds is 5. The molecule has 0 spiro atoms. The molecule has 148 valence electrons. The van der Waals surface area contributed by atoms with Crippen LogP contribution in [0.2, 0.25) is 0 Å². The van der Waals surface area contributed by atoms with Gasteiger partial charge in [0.1, 0.15) is 17.5 Å². The SMILES string of the molecule is O=C(Nc1cncc(-c2ccccc2F)c1)c1ccnc(Nc2cccc(F)n2)c1. The molecular weight excluding hydrogens is 388 g/mol. The van der Waals surface area contributed by atoms with Crippen molar-refractivity contribution >= 4 is 23.2 Å². The summed E-state index contributed by atoms with van der Waals surface area (Å²) in [5.74, 6) is -0.810. The Balaban J connectivity index is 1.52. The molecule has 1 aromatic carbocycles. The summed E-state index contributed by atoms with van der Waals surface area (Å²) in [7, 11) is 0. The number of carbonyl (C=O) groups excluding carboxylic acids is 1. The molecule has 6 nitrogen and oxygen atoms in total. The number of nitrogens with one attached hydrogen (secondary N) is 2. The first-order valence-electron chi connectivity index (χ1n) is 8.95. The van der Waals surface area contributed by atoms with Crippen LogP contribution in [0, 0.1) is 11.8 Å². The van der Waals surface area contributed by atoms with Gasteiger partial charge < -0.3 is 10.6 Å². The lowest BCUT2D eigenvalue weighted by Crippen LogP contribution is -2.12. The second kappa shape index (κ2) is 8.44. The molecule has 4 rings (SSSR count). The van der Waals surface area contributed by atoms with Crippen LogP contribution in [0.25, 0.3) is 11.1 Å². The van der Waals surface area contributed by atoms with Crippen LogP contribution in [0.3, 0.4) is 0 Å². The zero-order chi connectivity index (χ0) is 20.9. The molecule has 0 aliphatic carbocycles. The minimum absolute atomic E-state index is 0.266. The lowest BCUT2D eigenvalue weighted by Gasteiger charge is -2.09. The number of aromatic nitrogens is 3. The summed E-state index contributed by atoms with van der Waals surface area (Å²) in [6.07, 6.45) is 4.44. The van der Waals surface area contributed by atoms with Crippen LogP contribution in [0.5, 0.6) is 0 Å². The molecule has 4 aromatic rings. The van der Waals surface area contributed by atoms with E-state index in [2.05, 4.69) is 25.6 Å². The number of anilines is 3. The monoisotopic (exact) mass is 403 g/mol. The number of hydrogen-bond donors (Lipinski definition) is 2. The lowest BCUT2D eigenvalue weighted by molar-refractivity contribution is 0.102. The Bertz CT molecular complexity index is 1220. The van der Waals surface area contributed by atoms with Gasteiger partial charge in [0.15, 0.2) is 0 Å². The highest BCUT2D eigenvalue weighted by atomic mass is 19.1. The first-order valence-corrected chi connectivity index (χ1v) is 8.95. The van der Waals surface area contributed by atoms with E-state index in [1.807, 2.05) is 0 Å². The number of halogens is 2. The molecular formula is C22H15F2N5O. The van der Waals surface area contributed by atoms with Gasteiger partial charge in [-0.25, -0.2) is 14.4 Å². The quantitative estimate of drug-likeness (QED) is 0.468.